The minimum absolute atomic E-state index is 0.0735. The molecule has 0 atom stereocenters. The summed E-state index contributed by atoms with van der Waals surface area (Å²) in [6.07, 6.45) is 0. The predicted octanol–water partition coefficient (Wildman–Crippen LogP) is 13.9. The lowest BCUT2D eigenvalue weighted by Crippen LogP contribution is -2.14. The molecule has 0 bridgehead atoms. The first kappa shape index (κ1) is 32.7. The summed E-state index contributed by atoms with van der Waals surface area (Å²) in [5, 5.41) is 2.57. The number of fused-ring (bicyclic) bond motifs is 4. The predicted molar refractivity (Wildman–Crippen MR) is 230 cm³/mol. The van der Waals surface area contributed by atoms with Gasteiger partial charge in [-0.1, -0.05) is 184 Å². The molecule has 0 saturated carbocycles. The van der Waals surface area contributed by atoms with Gasteiger partial charge in [-0.3, -0.25) is 0 Å². The third-order valence-corrected chi connectivity index (χ3v) is 11.3. The van der Waals surface area contributed by atoms with Crippen molar-refractivity contribution in [1.29, 1.82) is 0 Å². The van der Waals surface area contributed by atoms with Crippen LogP contribution in [0.1, 0.15) is 25.0 Å². The summed E-state index contributed by atoms with van der Waals surface area (Å²) in [6.45, 7) is 4.72. The van der Waals surface area contributed by atoms with Crippen LogP contribution in [-0.4, -0.2) is 9.97 Å². The molecule has 260 valence electrons. The highest BCUT2D eigenvalue weighted by molar-refractivity contribution is 5.98. The van der Waals surface area contributed by atoms with Gasteiger partial charge in [0.05, 0.1) is 11.4 Å². The molecule has 0 saturated heterocycles. The van der Waals surface area contributed by atoms with E-state index in [9.17, 15) is 0 Å². The molecule has 0 unspecified atom stereocenters. The van der Waals surface area contributed by atoms with Crippen LogP contribution in [0.3, 0.4) is 0 Å². The van der Waals surface area contributed by atoms with E-state index in [4.69, 9.17) is 9.97 Å². The Bertz CT molecular complexity index is 2870. The highest BCUT2D eigenvalue weighted by Crippen LogP contribution is 2.53. The van der Waals surface area contributed by atoms with Gasteiger partial charge < -0.3 is 0 Å². The van der Waals surface area contributed by atoms with Crippen LogP contribution in [0.4, 0.5) is 0 Å². The van der Waals surface area contributed by atoms with Crippen LogP contribution < -0.4 is 0 Å². The smallest absolute Gasteiger partial charge is 0.160 e. The van der Waals surface area contributed by atoms with Crippen LogP contribution in [0.25, 0.3) is 89.2 Å². The van der Waals surface area contributed by atoms with Crippen LogP contribution in [0.15, 0.2) is 194 Å². The second kappa shape index (κ2) is 13.2. The molecule has 2 heteroatoms. The monoisotopic (exact) mass is 702 g/mol. The van der Waals surface area contributed by atoms with Gasteiger partial charge >= 0.3 is 0 Å². The zero-order valence-corrected chi connectivity index (χ0v) is 30.9. The van der Waals surface area contributed by atoms with Crippen molar-refractivity contribution in [2.75, 3.05) is 0 Å². The van der Waals surface area contributed by atoms with E-state index in [-0.39, 0.29) is 5.41 Å². The van der Waals surface area contributed by atoms with Crippen molar-refractivity contribution in [3.8, 4) is 78.4 Å². The Morgan fingerprint density at radius 3 is 1.64 bits per heavy atom. The number of nitrogens with zero attached hydrogens (tertiary/aromatic N) is 2. The average molecular weight is 703 g/mol. The van der Waals surface area contributed by atoms with Crippen LogP contribution in [0, 0.1) is 0 Å². The molecule has 0 amide bonds. The zero-order chi connectivity index (χ0) is 36.9. The summed E-state index contributed by atoms with van der Waals surface area (Å²) in [6, 6.07) is 69.5. The van der Waals surface area contributed by atoms with Crippen molar-refractivity contribution < 1.29 is 0 Å². The summed E-state index contributed by atoms with van der Waals surface area (Å²) in [7, 11) is 0. The van der Waals surface area contributed by atoms with Crippen LogP contribution >= 0.6 is 0 Å². The fourth-order valence-corrected chi connectivity index (χ4v) is 8.44. The SMILES string of the molecule is CC1(C)c2cc3ccccc3cc2-c2c(-c3ccc(-c4cccc(-c5cc(-c6ccccc6-c6ccccc6)nc(-c6ccccc6)n5)c4)cc3)cccc21. The van der Waals surface area contributed by atoms with E-state index in [2.05, 4.69) is 190 Å². The minimum Gasteiger partial charge on any atom is -0.228 e. The highest BCUT2D eigenvalue weighted by atomic mass is 14.9. The Morgan fingerprint density at radius 2 is 0.873 bits per heavy atom. The molecule has 0 spiro atoms. The molecular formula is C53H38N2. The second-order valence-electron chi connectivity index (χ2n) is 15.0. The maximum absolute atomic E-state index is 5.16. The van der Waals surface area contributed by atoms with E-state index in [1.54, 1.807) is 0 Å². The van der Waals surface area contributed by atoms with Gasteiger partial charge in [-0.05, 0) is 90.7 Å². The van der Waals surface area contributed by atoms with E-state index < -0.39 is 0 Å². The third kappa shape index (κ3) is 5.75. The van der Waals surface area contributed by atoms with Gasteiger partial charge in [0.1, 0.15) is 0 Å². The molecule has 2 nitrogen and oxygen atoms in total. The standard InChI is InChI=1S/C53H38N2/c1-53(2)47-26-14-25-44(51(47)46-32-40-19-9-10-20-41(40)33-48(46)53)37-29-27-35(28-30-37)39-21-13-22-42(31-39)49-34-50(55-52(54-49)38-17-7-4-8-18-38)45-24-12-11-23-43(45)36-15-5-3-6-16-36/h3-34H,1-2H3. The van der Waals surface area contributed by atoms with E-state index in [1.807, 2.05) is 18.2 Å². The van der Waals surface area contributed by atoms with Crippen LogP contribution in [0.5, 0.6) is 0 Å². The Balaban J connectivity index is 1.04. The number of aromatic nitrogens is 2. The first-order valence-electron chi connectivity index (χ1n) is 19.0. The van der Waals surface area contributed by atoms with Gasteiger partial charge in [0.2, 0.25) is 0 Å². The average Bonchev–Trinajstić information content (AvgIpc) is 3.48. The molecular weight excluding hydrogens is 665 g/mol. The fourth-order valence-electron chi connectivity index (χ4n) is 8.44. The van der Waals surface area contributed by atoms with Gasteiger partial charge in [0.25, 0.3) is 0 Å². The first-order valence-corrected chi connectivity index (χ1v) is 19.0. The van der Waals surface area contributed by atoms with Gasteiger partial charge in [-0.2, -0.15) is 0 Å². The first-order chi connectivity index (χ1) is 27.0. The highest BCUT2D eigenvalue weighted by Gasteiger charge is 2.37. The van der Waals surface area contributed by atoms with E-state index >= 15 is 0 Å². The maximum Gasteiger partial charge on any atom is 0.160 e. The molecule has 0 radical (unpaired) electrons. The number of benzene rings is 8. The van der Waals surface area contributed by atoms with Gasteiger partial charge in [-0.15, -0.1) is 0 Å². The molecule has 55 heavy (non-hydrogen) atoms. The normalized spacial score (nSPS) is 12.7. The lowest BCUT2D eigenvalue weighted by atomic mass is 9.81. The zero-order valence-electron chi connectivity index (χ0n) is 30.9. The Hall–Kier alpha value is -6.90. The van der Waals surface area contributed by atoms with Gasteiger partial charge in [0, 0.05) is 22.1 Å². The molecule has 0 aliphatic heterocycles. The van der Waals surface area contributed by atoms with E-state index in [1.165, 1.54) is 44.2 Å². The third-order valence-electron chi connectivity index (χ3n) is 11.3. The van der Waals surface area contributed by atoms with E-state index in [0.29, 0.717) is 5.82 Å². The summed E-state index contributed by atoms with van der Waals surface area (Å²) >= 11 is 0. The molecule has 0 fully saturated rings. The van der Waals surface area contributed by atoms with Crippen molar-refractivity contribution in [2.24, 2.45) is 0 Å². The van der Waals surface area contributed by atoms with Crippen LogP contribution in [-0.2, 0) is 5.41 Å². The van der Waals surface area contributed by atoms with Gasteiger partial charge in [-0.25, -0.2) is 9.97 Å². The fraction of sp³-hybridized carbons (Fsp3) is 0.0566. The largest absolute Gasteiger partial charge is 0.228 e. The van der Waals surface area contributed by atoms with E-state index in [0.717, 1.165) is 50.3 Å². The van der Waals surface area contributed by atoms with Crippen molar-refractivity contribution >= 4 is 10.8 Å². The summed E-state index contributed by atoms with van der Waals surface area (Å²) in [5.74, 6) is 0.707. The Labute approximate surface area is 322 Å². The molecule has 1 aliphatic rings. The molecule has 0 N–H and O–H groups in total. The molecule has 1 aromatic heterocycles. The van der Waals surface area contributed by atoms with Gasteiger partial charge in [0.15, 0.2) is 5.82 Å². The lowest BCUT2D eigenvalue weighted by molar-refractivity contribution is 0.661. The number of hydrogen-bond acceptors (Lipinski definition) is 2. The summed E-state index contributed by atoms with van der Waals surface area (Å²) in [4.78, 5) is 10.3. The topological polar surface area (TPSA) is 25.8 Å². The minimum atomic E-state index is -0.0735. The lowest BCUT2D eigenvalue weighted by Gasteiger charge is -2.22. The van der Waals surface area contributed by atoms with Crippen molar-refractivity contribution in [2.45, 2.75) is 19.3 Å². The summed E-state index contributed by atoms with van der Waals surface area (Å²) in [5.41, 5.74) is 17.4. The molecule has 9 aromatic rings. The molecule has 1 heterocycles. The Morgan fingerprint density at radius 1 is 0.327 bits per heavy atom. The Kier molecular flexibility index (Phi) is 7.85. The van der Waals surface area contributed by atoms with Crippen molar-refractivity contribution in [3.05, 3.63) is 205 Å². The maximum atomic E-state index is 5.16. The molecule has 8 aromatic carbocycles. The van der Waals surface area contributed by atoms with Crippen molar-refractivity contribution in [1.82, 2.24) is 9.97 Å². The number of rotatable bonds is 6. The molecule has 1 aliphatic carbocycles. The second-order valence-corrected chi connectivity index (χ2v) is 15.0. The quantitative estimate of drug-likeness (QED) is 0.172. The van der Waals surface area contributed by atoms with Crippen molar-refractivity contribution in [3.63, 3.8) is 0 Å². The number of hydrogen-bond donors (Lipinski definition) is 0. The van der Waals surface area contributed by atoms with Crippen LogP contribution in [0.2, 0.25) is 0 Å². The molecule has 10 rings (SSSR count). The summed E-state index contributed by atoms with van der Waals surface area (Å²) < 4.78 is 0.